The number of carboxylic acid groups (broad SMARTS) is 1. The minimum atomic E-state index is -2.06. The van der Waals surface area contributed by atoms with Crippen LogP contribution in [0, 0.1) is 5.92 Å². The van der Waals surface area contributed by atoms with Gasteiger partial charge < -0.3 is 15.1 Å². The largest absolute Gasteiger partial charge is 0.630 e. The van der Waals surface area contributed by atoms with Gasteiger partial charge in [-0.1, -0.05) is 43.8 Å². The van der Waals surface area contributed by atoms with Crippen LogP contribution in [0.4, 0.5) is 0 Å². The summed E-state index contributed by atoms with van der Waals surface area (Å²) < 4.78 is 0. The lowest BCUT2D eigenvalue weighted by molar-refractivity contribution is -0.155. The SMILES string of the molecule is CC(C)C(=[P+]([O-])CSc1ccccc1)C(C)(O)C(=O)O. The lowest BCUT2D eigenvalue weighted by atomic mass is 9.94. The molecule has 2 N–H and O–H groups in total. The molecule has 0 saturated carbocycles. The van der Waals surface area contributed by atoms with Crippen molar-refractivity contribution in [1.82, 2.24) is 0 Å². The highest BCUT2D eigenvalue weighted by Crippen LogP contribution is 2.33. The molecule has 0 aliphatic rings. The van der Waals surface area contributed by atoms with E-state index in [9.17, 15) is 14.8 Å². The lowest BCUT2D eigenvalue weighted by Crippen LogP contribution is -2.46. The Morgan fingerprint density at radius 3 is 2.40 bits per heavy atom. The van der Waals surface area contributed by atoms with Crippen LogP contribution >= 0.6 is 19.5 Å². The molecule has 2 unspecified atom stereocenters. The van der Waals surface area contributed by atoms with Crippen LogP contribution in [0.5, 0.6) is 0 Å². The predicted molar refractivity (Wildman–Crippen MR) is 82.2 cm³/mol. The van der Waals surface area contributed by atoms with E-state index in [4.69, 9.17) is 5.11 Å². The molecule has 6 heteroatoms. The molecule has 0 aliphatic carbocycles. The molecule has 0 amide bonds. The Balaban J connectivity index is 2.96. The number of aliphatic carboxylic acids is 1. The van der Waals surface area contributed by atoms with Crippen LogP contribution in [0.3, 0.4) is 0 Å². The first-order valence-electron chi connectivity index (χ1n) is 6.22. The van der Waals surface area contributed by atoms with Crippen LogP contribution in [0.15, 0.2) is 35.2 Å². The molecule has 1 aromatic carbocycles. The number of thioether (sulfide) groups is 1. The molecule has 0 aliphatic heterocycles. The standard InChI is InChI=1S/C14H19O4PS/c1-10(2)12(14(3,17)13(15)16)19(18)9-20-11-7-5-4-6-8-11/h4-8,10,17H,9H2,1-3H3,(H,15,16). The number of rotatable bonds is 6. The van der Waals surface area contributed by atoms with Crippen LogP contribution in [0.2, 0.25) is 0 Å². The second-order valence-corrected chi connectivity index (χ2v) is 7.91. The summed E-state index contributed by atoms with van der Waals surface area (Å²) in [7, 11) is -1.93. The number of carbonyl (C=O) groups is 1. The van der Waals surface area contributed by atoms with Crippen molar-refractivity contribution in [1.29, 1.82) is 0 Å². The van der Waals surface area contributed by atoms with Crippen LogP contribution in [-0.4, -0.2) is 32.6 Å². The summed E-state index contributed by atoms with van der Waals surface area (Å²) in [5, 5.41) is 19.3. The highest BCUT2D eigenvalue weighted by Gasteiger charge is 2.42. The highest BCUT2D eigenvalue weighted by atomic mass is 32.2. The van der Waals surface area contributed by atoms with E-state index < -0.39 is 19.3 Å². The Morgan fingerprint density at radius 1 is 1.40 bits per heavy atom. The molecule has 0 bridgehead atoms. The van der Waals surface area contributed by atoms with Crippen LogP contribution in [-0.2, 0) is 4.79 Å². The molecule has 1 rings (SSSR count). The fourth-order valence-electron chi connectivity index (χ4n) is 1.92. The predicted octanol–water partition coefficient (Wildman–Crippen LogP) is 2.16. The number of hydrogen-bond acceptors (Lipinski definition) is 4. The summed E-state index contributed by atoms with van der Waals surface area (Å²) in [6.07, 6.45) is 0. The van der Waals surface area contributed by atoms with Gasteiger partial charge in [0.05, 0.1) is 7.77 Å². The second kappa shape index (κ2) is 7.23. The lowest BCUT2D eigenvalue weighted by Gasteiger charge is -2.22. The smallest absolute Gasteiger partial charge is 0.343 e. The van der Waals surface area contributed by atoms with Crippen LogP contribution < -0.4 is 4.89 Å². The van der Waals surface area contributed by atoms with E-state index in [0.717, 1.165) is 4.90 Å². The maximum atomic E-state index is 12.4. The molecule has 0 saturated heterocycles. The van der Waals surface area contributed by atoms with Crippen molar-refractivity contribution in [3.05, 3.63) is 30.3 Å². The van der Waals surface area contributed by atoms with E-state index in [1.807, 2.05) is 30.3 Å². The maximum absolute atomic E-state index is 12.4. The Kier molecular flexibility index (Phi) is 6.21. The van der Waals surface area contributed by atoms with Crippen molar-refractivity contribution in [2.24, 2.45) is 5.92 Å². The number of hydrogen-bond donors (Lipinski definition) is 2. The van der Waals surface area contributed by atoms with E-state index in [-0.39, 0.29) is 16.7 Å². The van der Waals surface area contributed by atoms with Crippen molar-refractivity contribution in [3.63, 3.8) is 0 Å². The third kappa shape index (κ3) is 4.32. The molecule has 110 valence electrons. The summed E-state index contributed by atoms with van der Waals surface area (Å²) >= 11 is 1.39. The van der Waals surface area contributed by atoms with E-state index in [1.54, 1.807) is 13.8 Å². The topological polar surface area (TPSA) is 80.6 Å². The summed E-state index contributed by atoms with van der Waals surface area (Å²) in [6, 6.07) is 9.47. The van der Waals surface area contributed by atoms with Crippen molar-refractivity contribution in [3.8, 4) is 0 Å². The molecule has 0 fully saturated rings. The molecule has 2 atom stereocenters. The van der Waals surface area contributed by atoms with Gasteiger partial charge in [-0.15, -0.1) is 0 Å². The number of carboxylic acids is 1. The zero-order valence-corrected chi connectivity index (χ0v) is 13.4. The van der Waals surface area contributed by atoms with Gasteiger partial charge in [0.25, 0.3) is 0 Å². The van der Waals surface area contributed by atoms with Crippen molar-refractivity contribution >= 4 is 30.8 Å². The van der Waals surface area contributed by atoms with Crippen molar-refractivity contribution in [2.45, 2.75) is 31.3 Å². The minimum absolute atomic E-state index is 0.184. The van der Waals surface area contributed by atoms with Crippen LogP contribution in [0.25, 0.3) is 0 Å². The number of benzene rings is 1. The molecule has 0 aromatic heterocycles. The summed E-state index contributed by atoms with van der Waals surface area (Å²) in [5.74, 6) is -1.63. The van der Waals surface area contributed by atoms with E-state index in [2.05, 4.69) is 0 Å². The molecular weight excluding hydrogens is 295 g/mol. The molecule has 1 aromatic rings. The number of aliphatic hydroxyl groups is 1. The first kappa shape index (κ1) is 17.2. The van der Waals surface area contributed by atoms with E-state index in [0.29, 0.717) is 0 Å². The van der Waals surface area contributed by atoms with Gasteiger partial charge in [0, 0.05) is 10.8 Å². The monoisotopic (exact) mass is 314 g/mol. The van der Waals surface area contributed by atoms with Gasteiger partial charge in [-0.3, -0.25) is 0 Å². The average molecular weight is 314 g/mol. The molecule has 0 radical (unpaired) electrons. The third-order valence-corrected chi connectivity index (χ3v) is 6.37. The minimum Gasteiger partial charge on any atom is -0.630 e. The highest BCUT2D eigenvalue weighted by molar-refractivity contribution is 8.04. The van der Waals surface area contributed by atoms with Gasteiger partial charge in [0.1, 0.15) is 5.29 Å². The Hall–Kier alpha value is -0.870. The van der Waals surface area contributed by atoms with Crippen molar-refractivity contribution < 1.29 is 19.9 Å². The Labute approximate surface area is 124 Å². The van der Waals surface area contributed by atoms with Crippen LogP contribution in [0.1, 0.15) is 20.8 Å². The zero-order chi connectivity index (χ0) is 15.3. The second-order valence-electron chi connectivity index (χ2n) is 4.88. The molecule has 0 spiro atoms. The molecule has 20 heavy (non-hydrogen) atoms. The summed E-state index contributed by atoms with van der Waals surface area (Å²) in [5.41, 5.74) is -1.80. The molecule has 4 nitrogen and oxygen atoms in total. The Bertz CT molecular complexity index is 497. The van der Waals surface area contributed by atoms with E-state index in [1.165, 1.54) is 18.7 Å². The van der Waals surface area contributed by atoms with Gasteiger partial charge >= 0.3 is 5.97 Å². The maximum Gasteiger partial charge on any atom is 0.343 e. The summed E-state index contributed by atoms with van der Waals surface area (Å²) in [4.78, 5) is 24.5. The normalized spacial score (nSPS) is 15.7. The van der Waals surface area contributed by atoms with Gasteiger partial charge in [0.15, 0.2) is 5.49 Å². The zero-order valence-electron chi connectivity index (χ0n) is 11.7. The summed E-state index contributed by atoms with van der Waals surface area (Å²) in [6.45, 7) is 4.67. The van der Waals surface area contributed by atoms with Gasteiger partial charge in [0.2, 0.25) is 5.60 Å². The fourth-order valence-corrected chi connectivity index (χ4v) is 5.05. The fraction of sp³-hybridized carbons (Fsp3) is 0.429. The molecular formula is C14H19O4PS. The van der Waals surface area contributed by atoms with Crippen molar-refractivity contribution in [2.75, 3.05) is 5.49 Å². The van der Waals surface area contributed by atoms with Gasteiger partial charge in [-0.05, 0) is 19.1 Å². The first-order chi connectivity index (χ1) is 9.26. The van der Waals surface area contributed by atoms with Gasteiger partial charge in [-0.2, -0.15) is 0 Å². The Morgan fingerprint density at radius 2 is 1.95 bits per heavy atom. The third-order valence-electron chi connectivity index (χ3n) is 2.82. The molecule has 0 heterocycles. The van der Waals surface area contributed by atoms with Gasteiger partial charge in [-0.25, -0.2) is 4.79 Å². The van der Waals surface area contributed by atoms with E-state index >= 15 is 0 Å². The first-order valence-corrected chi connectivity index (χ1v) is 8.65. The quantitative estimate of drug-likeness (QED) is 0.621. The average Bonchev–Trinajstić information content (AvgIpc) is 2.36.